The molecule has 0 radical (unpaired) electrons. The third-order valence-corrected chi connectivity index (χ3v) is 5.23. The summed E-state index contributed by atoms with van der Waals surface area (Å²) in [5, 5.41) is 8.38. The molecule has 0 bridgehead atoms. The molecular formula is C16H22N4O2S. The summed E-state index contributed by atoms with van der Waals surface area (Å²) >= 11 is 1.82. The van der Waals surface area contributed by atoms with Gasteiger partial charge in [-0.2, -0.15) is 4.98 Å². The number of nitrogens with one attached hydrogen (secondary N) is 1. The first-order valence-electron chi connectivity index (χ1n) is 8.07. The average molecular weight is 334 g/mol. The highest BCUT2D eigenvalue weighted by atomic mass is 32.1. The van der Waals surface area contributed by atoms with Gasteiger partial charge >= 0.3 is 0 Å². The molecular weight excluding hydrogens is 312 g/mol. The Balaban J connectivity index is 1.59. The summed E-state index contributed by atoms with van der Waals surface area (Å²) < 4.78 is 5.23. The van der Waals surface area contributed by atoms with Gasteiger partial charge in [0, 0.05) is 18.0 Å². The highest BCUT2D eigenvalue weighted by Gasteiger charge is 2.24. The SMILES string of the molecule is CNC(=O)c1noc(CN2CCCC[C@@H]2CCc2cccs2)n1. The molecule has 3 heterocycles. The van der Waals surface area contributed by atoms with E-state index in [1.165, 1.54) is 24.1 Å². The summed E-state index contributed by atoms with van der Waals surface area (Å²) in [4.78, 5) is 19.6. The fourth-order valence-corrected chi connectivity index (χ4v) is 3.78. The highest BCUT2D eigenvalue weighted by Crippen LogP contribution is 2.24. The molecule has 0 aliphatic carbocycles. The molecule has 1 fully saturated rings. The van der Waals surface area contributed by atoms with Crippen LogP contribution in [0.5, 0.6) is 0 Å². The second-order valence-corrected chi connectivity index (χ2v) is 6.86. The Morgan fingerprint density at radius 2 is 2.43 bits per heavy atom. The first-order chi connectivity index (χ1) is 11.3. The molecule has 2 aromatic rings. The Hall–Kier alpha value is -1.73. The first kappa shape index (κ1) is 16.1. The second kappa shape index (κ2) is 7.70. The molecule has 6 nitrogen and oxygen atoms in total. The lowest BCUT2D eigenvalue weighted by Crippen LogP contribution is -2.39. The average Bonchev–Trinajstić information content (AvgIpc) is 3.25. The maximum absolute atomic E-state index is 11.5. The largest absolute Gasteiger partial charge is 0.352 e. The number of rotatable bonds is 6. The number of hydrogen-bond donors (Lipinski definition) is 1. The van der Waals surface area contributed by atoms with Crippen molar-refractivity contribution >= 4 is 17.2 Å². The number of thiophene rings is 1. The lowest BCUT2D eigenvalue weighted by molar-refractivity contribution is 0.0949. The van der Waals surface area contributed by atoms with Crippen LogP contribution in [0.25, 0.3) is 0 Å². The summed E-state index contributed by atoms with van der Waals surface area (Å²) in [6, 6.07) is 4.85. The molecule has 0 unspecified atom stereocenters. The van der Waals surface area contributed by atoms with E-state index in [0.29, 0.717) is 18.5 Å². The Kier molecular flexibility index (Phi) is 5.40. The maximum atomic E-state index is 11.5. The van der Waals surface area contributed by atoms with Gasteiger partial charge in [0.2, 0.25) is 5.89 Å². The van der Waals surface area contributed by atoms with Crippen LogP contribution in [0.3, 0.4) is 0 Å². The molecule has 7 heteroatoms. The Labute approximate surface area is 139 Å². The van der Waals surface area contributed by atoms with Gasteiger partial charge in [-0.3, -0.25) is 9.69 Å². The lowest BCUT2D eigenvalue weighted by Gasteiger charge is -2.34. The summed E-state index contributed by atoms with van der Waals surface area (Å²) in [6.07, 6.45) is 5.95. The summed E-state index contributed by atoms with van der Waals surface area (Å²) in [6.45, 7) is 1.67. The van der Waals surface area contributed by atoms with E-state index in [2.05, 4.69) is 37.9 Å². The van der Waals surface area contributed by atoms with Crippen molar-refractivity contribution in [2.45, 2.75) is 44.7 Å². The van der Waals surface area contributed by atoms with Crippen molar-refractivity contribution in [2.24, 2.45) is 0 Å². The molecule has 2 aromatic heterocycles. The van der Waals surface area contributed by atoms with Gasteiger partial charge < -0.3 is 9.84 Å². The van der Waals surface area contributed by atoms with E-state index in [-0.39, 0.29) is 11.7 Å². The Morgan fingerprint density at radius 3 is 3.22 bits per heavy atom. The Morgan fingerprint density at radius 1 is 1.52 bits per heavy atom. The van der Waals surface area contributed by atoms with Gasteiger partial charge in [-0.05, 0) is 43.7 Å². The van der Waals surface area contributed by atoms with E-state index in [1.807, 2.05) is 11.3 Å². The normalized spacial score (nSPS) is 18.9. The van der Waals surface area contributed by atoms with Crippen LogP contribution in [0, 0.1) is 0 Å². The minimum Gasteiger partial charge on any atom is -0.352 e. The van der Waals surface area contributed by atoms with Crippen molar-refractivity contribution in [3.63, 3.8) is 0 Å². The summed E-state index contributed by atoms with van der Waals surface area (Å²) in [7, 11) is 1.56. The minimum atomic E-state index is -0.312. The van der Waals surface area contributed by atoms with Crippen LogP contribution in [0.15, 0.2) is 22.0 Å². The number of likely N-dealkylation sites (tertiary alicyclic amines) is 1. The zero-order valence-corrected chi connectivity index (χ0v) is 14.1. The number of aromatic nitrogens is 2. The van der Waals surface area contributed by atoms with Crippen LogP contribution in [-0.4, -0.2) is 40.6 Å². The van der Waals surface area contributed by atoms with E-state index in [1.54, 1.807) is 7.05 Å². The first-order valence-corrected chi connectivity index (χ1v) is 8.95. The number of aryl methyl sites for hydroxylation is 1. The van der Waals surface area contributed by atoms with Crippen LogP contribution < -0.4 is 5.32 Å². The number of piperidine rings is 1. The van der Waals surface area contributed by atoms with E-state index < -0.39 is 0 Å². The van der Waals surface area contributed by atoms with Crippen LogP contribution in [0.2, 0.25) is 0 Å². The molecule has 3 rings (SSSR count). The lowest BCUT2D eigenvalue weighted by atomic mass is 9.97. The van der Waals surface area contributed by atoms with Gasteiger partial charge in [-0.15, -0.1) is 11.3 Å². The summed E-state index contributed by atoms with van der Waals surface area (Å²) in [5.74, 6) is 0.314. The third-order valence-electron chi connectivity index (χ3n) is 4.29. The molecule has 0 saturated carbocycles. The van der Waals surface area contributed by atoms with E-state index in [0.717, 1.165) is 19.4 Å². The van der Waals surface area contributed by atoms with Gasteiger partial charge in [0.1, 0.15) is 0 Å². The van der Waals surface area contributed by atoms with Crippen molar-refractivity contribution in [3.05, 3.63) is 34.1 Å². The zero-order chi connectivity index (χ0) is 16.1. The monoisotopic (exact) mass is 334 g/mol. The van der Waals surface area contributed by atoms with Crippen LogP contribution >= 0.6 is 11.3 Å². The molecule has 1 atom stereocenters. The second-order valence-electron chi connectivity index (χ2n) is 5.83. The van der Waals surface area contributed by atoms with Crippen LogP contribution in [0.4, 0.5) is 0 Å². The van der Waals surface area contributed by atoms with Crippen molar-refractivity contribution in [3.8, 4) is 0 Å². The summed E-state index contributed by atoms with van der Waals surface area (Å²) in [5.41, 5.74) is 0. The number of carbonyl (C=O) groups is 1. The highest BCUT2D eigenvalue weighted by molar-refractivity contribution is 7.09. The number of carbonyl (C=O) groups excluding carboxylic acids is 1. The standard InChI is InChI=1S/C16H22N4O2S/c1-17-16(21)15-18-14(22-19-15)11-20-9-3-2-5-12(20)7-8-13-6-4-10-23-13/h4,6,10,12H,2-3,5,7-9,11H2,1H3,(H,17,21)/t12-/m1/s1. The van der Waals surface area contributed by atoms with Gasteiger partial charge in [0.25, 0.3) is 11.7 Å². The number of hydrogen-bond acceptors (Lipinski definition) is 6. The minimum absolute atomic E-state index is 0.106. The molecule has 124 valence electrons. The molecule has 1 aliphatic rings. The van der Waals surface area contributed by atoms with E-state index in [9.17, 15) is 4.79 Å². The zero-order valence-electron chi connectivity index (χ0n) is 13.3. The molecule has 1 amide bonds. The van der Waals surface area contributed by atoms with Crippen molar-refractivity contribution < 1.29 is 9.32 Å². The van der Waals surface area contributed by atoms with Crippen LogP contribution in [-0.2, 0) is 13.0 Å². The number of amides is 1. The van der Waals surface area contributed by atoms with Crippen LogP contribution in [0.1, 0.15) is 47.1 Å². The fraction of sp³-hybridized carbons (Fsp3) is 0.562. The predicted molar refractivity (Wildman–Crippen MR) is 88.4 cm³/mol. The third kappa shape index (κ3) is 4.17. The quantitative estimate of drug-likeness (QED) is 0.879. The maximum Gasteiger partial charge on any atom is 0.292 e. The van der Waals surface area contributed by atoms with Gasteiger partial charge in [-0.1, -0.05) is 17.6 Å². The molecule has 0 spiro atoms. The molecule has 23 heavy (non-hydrogen) atoms. The van der Waals surface area contributed by atoms with Gasteiger partial charge in [-0.25, -0.2) is 0 Å². The molecule has 1 aliphatic heterocycles. The van der Waals surface area contributed by atoms with Crippen molar-refractivity contribution in [1.29, 1.82) is 0 Å². The molecule has 0 aromatic carbocycles. The predicted octanol–water partition coefficient (Wildman–Crippen LogP) is 2.48. The molecule has 1 saturated heterocycles. The van der Waals surface area contributed by atoms with E-state index in [4.69, 9.17) is 4.52 Å². The van der Waals surface area contributed by atoms with Gasteiger partial charge in [0.15, 0.2) is 0 Å². The smallest absolute Gasteiger partial charge is 0.292 e. The topological polar surface area (TPSA) is 71.3 Å². The molecule has 1 N–H and O–H groups in total. The van der Waals surface area contributed by atoms with Gasteiger partial charge in [0.05, 0.1) is 6.54 Å². The van der Waals surface area contributed by atoms with E-state index >= 15 is 0 Å². The van der Waals surface area contributed by atoms with Crippen molar-refractivity contribution in [2.75, 3.05) is 13.6 Å². The number of nitrogens with zero attached hydrogens (tertiary/aromatic N) is 3. The van der Waals surface area contributed by atoms with Crippen molar-refractivity contribution in [1.82, 2.24) is 20.4 Å². The Bertz CT molecular complexity index is 626. The fourth-order valence-electron chi connectivity index (χ4n) is 3.06.